The summed E-state index contributed by atoms with van der Waals surface area (Å²) in [4.78, 5) is 2.15. The van der Waals surface area contributed by atoms with Crippen LogP contribution in [-0.2, 0) is 11.3 Å². The second kappa shape index (κ2) is 5.91. The van der Waals surface area contributed by atoms with E-state index in [0.29, 0.717) is 19.8 Å². The Hall–Kier alpha value is -0.490. The molecule has 1 N–H and O–H groups in total. The average molecular weight is 304 g/mol. The zero-order valence-electron chi connectivity index (χ0n) is 9.40. The lowest BCUT2D eigenvalue weighted by Gasteiger charge is -2.34. The van der Waals surface area contributed by atoms with E-state index in [4.69, 9.17) is 4.74 Å². The molecule has 0 bridgehead atoms. The smallest absolute Gasteiger partial charge is 0.124 e. The van der Waals surface area contributed by atoms with Gasteiger partial charge in [0.05, 0.1) is 25.9 Å². The molecule has 1 atom stereocenters. The molecule has 17 heavy (non-hydrogen) atoms. The molecule has 0 amide bonds. The Morgan fingerprint density at radius 1 is 1.53 bits per heavy atom. The van der Waals surface area contributed by atoms with Gasteiger partial charge in [0.25, 0.3) is 0 Å². The highest BCUT2D eigenvalue weighted by Crippen LogP contribution is 2.21. The van der Waals surface area contributed by atoms with Crippen molar-refractivity contribution in [1.29, 1.82) is 0 Å². The van der Waals surface area contributed by atoms with E-state index in [2.05, 4.69) is 20.8 Å². The molecule has 1 unspecified atom stereocenters. The maximum Gasteiger partial charge on any atom is 0.124 e. The minimum Gasteiger partial charge on any atom is -0.395 e. The van der Waals surface area contributed by atoms with E-state index in [0.717, 1.165) is 16.6 Å². The third kappa shape index (κ3) is 3.25. The molecule has 5 heteroatoms. The summed E-state index contributed by atoms with van der Waals surface area (Å²) in [7, 11) is 0. The van der Waals surface area contributed by atoms with Crippen LogP contribution in [0.5, 0.6) is 0 Å². The van der Waals surface area contributed by atoms with Crippen LogP contribution in [0.2, 0.25) is 0 Å². The monoisotopic (exact) mass is 303 g/mol. The van der Waals surface area contributed by atoms with Crippen LogP contribution in [0.25, 0.3) is 0 Å². The number of nitrogens with zero attached hydrogens (tertiary/aromatic N) is 1. The van der Waals surface area contributed by atoms with Crippen molar-refractivity contribution in [3.8, 4) is 0 Å². The third-order valence-electron chi connectivity index (χ3n) is 2.95. The lowest BCUT2D eigenvalue weighted by molar-refractivity contribution is -0.0313. The Kier molecular flexibility index (Phi) is 4.50. The van der Waals surface area contributed by atoms with Crippen LogP contribution >= 0.6 is 15.9 Å². The molecule has 1 aromatic rings. The number of benzene rings is 1. The minimum absolute atomic E-state index is 0.0284. The van der Waals surface area contributed by atoms with Gasteiger partial charge in [-0.05, 0) is 17.7 Å². The Morgan fingerprint density at radius 2 is 2.35 bits per heavy atom. The average Bonchev–Trinajstić information content (AvgIpc) is 2.33. The van der Waals surface area contributed by atoms with E-state index in [1.807, 2.05) is 0 Å². The molecule has 1 aliphatic heterocycles. The van der Waals surface area contributed by atoms with Gasteiger partial charge in [-0.25, -0.2) is 4.39 Å². The summed E-state index contributed by atoms with van der Waals surface area (Å²) in [5.74, 6) is -0.249. The molecule has 1 fully saturated rings. The molecular formula is C12H15BrFNO2. The third-order valence-corrected chi connectivity index (χ3v) is 3.69. The Morgan fingerprint density at radius 3 is 3.06 bits per heavy atom. The van der Waals surface area contributed by atoms with Crippen LogP contribution < -0.4 is 0 Å². The van der Waals surface area contributed by atoms with Gasteiger partial charge in [0.2, 0.25) is 0 Å². The molecule has 2 rings (SSSR count). The molecule has 1 aromatic carbocycles. The molecule has 0 spiro atoms. The predicted molar refractivity (Wildman–Crippen MR) is 66.2 cm³/mol. The van der Waals surface area contributed by atoms with Crippen molar-refractivity contribution < 1.29 is 14.2 Å². The van der Waals surface area contributed by atoms with Gasteiger partial charge >= 0.3 is 0 Å². The highest BCUT2D eigenvalue weighted by Gasteiger charge is 2.22. The largest absolute Gasteiger partial charge is 0.395 e. The molecule has 1 saturated heterocycles. The molecule has 0 radical (unpaired) electrons. The van der Waals surface area contributed by atoms with Crippen molar-refractivity contribution in [3.05, 3.63) is 34.1 Å². The molecule has 1 heterocycles. The zero-order valence-corrected chi connectivity index (χ0v) is 11.0. The quantitative estimate of drug-likeness (QED) is 0.924. The first-order valence-corrected chi connectivity index (χ1v) is 6.36. The molecule has 94 valence electrons. The summed E-state index contributed by atoms with van der Waals surface area (Å²) in [6.07, 6.45) is 0. The highest BCUT2D eigenvalue weighted by molar-refractivity contribution is 9.10. The molecule has 1 aliphatic rings. The molecule has 0 aliphatic carbocycles. The van der Waals surface area contributed by atoms with E-state index in [1.165, 1.54) is 12.1 Å². The predicted octanol–water partition coefficient (Wildman–Crippen LogP) is 1.78. The summed E-state index contributed by atoms with van der Waals surface area (Å²) in [5, 5.41) is 9.26. The minimum atomic E-state index is -0.249. The second-order valence-corrected chi connectivity index (χ2v) is 4.97. The maximum atomic E-state index is 13.0. The van der Waals surface area contributed by atoms with Crippen LogP contribution in [0.3, 0.4) is 0 Å². The van der Waals surface area contributed by atoms with E-state index < -0.39 is 0 Å². The lowest BCUT2D eigenvalue weighted by Crippen LogP contribution is -2.46. The SMILES string of the molecule is OCC1COCCN1Cc1ccc(F)cc1Br. The van der Waals surface area contributed by atoms with Crippen molar-refractivity contribution >= 4 is 15.9 Å². The first-order valence-electron chi connectivity index (χ1n) is 5.57. The van der Waals surface area contributed by atoms with Gasteiger partial charge in [0.15, 0.2) is 0 Å². The summed E-state index contributed by atoms with van der Waals surface area (Å²) in [6.45, 7) is 2.79. The number of morpholine rings is 1. The molecular weight excluding hydrogens is 289 g/mol. The van der Waals surface area contributed by atoms with E-state index in [1.54, 1.807) is 6.07 Å². The fraction of sp³-hybridized carbons (Fsp3) is 0.500. The first kappa shape index (κ1) is 13.0. The van der Waals surface area contributed by atoms with E-state index >= 15 is 0 Å². The van der Waals surface area contributed by atoms with Crippen molar-refractivity contribution in [2.45, 2.75) is 12.6 Å². The van der Waals surface area contributed by atoms with Gasteiger partial charge in [0, 0.05) is 17.6 Å². The number of aliphatic hydroxyl groups excluding tert-OH is 1. The number of halogens is 2. The number of aliphatic hydroxyl groups is 1. The summed E-state index contributed by atoms with van der Waals surface area (Å²) < 4.78 is 19.0. The highest BCUT2D eigenvalue weighted by atomic mass is 79.9. The van der Waals surface area contributed by atoms with Crippen molar-refractivity contribution in [2.75, 3.05) is 26.4 Å². The van der Waals surface area contributed by atoms with Gasteiger partial charge in [-0.3, -0.25) is 4.90 Å². The summed E-state index contributed by atoms with van der Waals surface area (Å²) >= 11 is 3.36. The number of hydrogen-bond acceptors (Lipinski definition) is 3. The van der Waals surface area contributed by atoms with E-state index in [-0.39, 0.29) is 18.5 Å². The van der Waals surface area contributed by atoms with Crippen LogP contribution in [0.1, 0.15) is 5.56 Å². The van der Waals surface area contributed by atoms with Gasteiger partial charge in [-0.2, -0.15) is 0 Å². The Bertz CT molecular complexity index is 389. The number of ether oxygens (including phenoxy) is 1. The zero-order chi connectivity index (χ0) is 12.3. The molecule has 0 saturated carbocycles. The Balaban J connectivity index is 2.08. The van der Waals surface area contributed by atoms with Crippen LogP contribution in [-0.4, -0.2) is 42.4 Å². The van der Waals surface area contributed by atoms with Crippen LogP contribution in [0, 0.1) is 5.82 Å². The Labute approximate surface area is 108 Å². The normalized spacial score (nSPS) is 21.7. The number of hydrogen-bond donors (Lipinski definition) is 1. The van der Waals surface area contributed by atoms with Gasteiger partial charge in [-0.15, -0.1) is 0 Å². The number of rotatable bonds is 3. The van der Waals surface area contributed by atoms with Crippen molar-refractivity contribution in [3.63, 3.8) is 0 Å². The first-order chi connectivity index (χ1) is 8.20. The summed E-state index contributed by atoms with van der Waals surface area (Å²) in [6, 6.07) is 4.71. The fourth-order valence-electron chi connectivity index (χ4n) is 1.93. The standard InChI is InChI=1S/C12H15BrFNO2/c13-12-5-10(14)2-1-9(12)6-15-3-4-17-8-11(15)7-16/h1-2,5,11,16H,3-4,6-8H2. The van der Waals surface area contributed by atoms with Gasteiger partial charge < -0.3 is 9.84 Å². The second-order valence-electron chi connectivity index (χ2n) is 4.12. The summed E-state index contributed by atoms with van der Waals surface area (Å²) in [5.41, 5.74) is 1.02. The van der Waals surface area contributed by atoms with Crippen LogP contribution in [0.4, 0.5) is 4.39 Å². The van der Waals surface area contributed by atoms with Crippen molar-refractivity contribution in [1.82, 2.24) is 4.90 Å². The molecule has 3 nitrogen and oxygen atoms in total. The fourth-order valence-corrected chi connectivity index (χ4v) is 2.41. The topological polar surface area (TPSA) is 32.7 Å². The van der Waals surface area contributed by atoms with E-state index in [9.17, 15) is 9.50 Å². The van der Waals surface area contributed by atoms with Crippen molar-refractivity contribution in [2.24, 2.45) is 0 Å². The van der Waals surface area contributed by atoms with Gasteiger partial charge in [0.1, 0.15) is 5.82 Å². The molecule has 0 aromatic heterocycles. The maximum absolute atomic E-state index is 13.0. The van der Waals surface area contributed by atoms with Gasteiger partial charge in [-0.1, -0.05) is 22.0 Å². The lowest BCUT2D eigenvalue weighted by atomic mass is 10.1. The van der Waals surface area contributed by atoms with Crippen LogP contribution in [0.15, 0.2) is 22.7 Å².